The molecule has 0 fully saturated rings. The lowest BCUT2D eigenvalue weighted by molar-refractivity contribution is -0.140. The molecule has 0 rings (SSSR count). The largest absolute Gasteiger partial charge is 0.480 e. The summed E-state index contributed by atoms with van der Waals surface area (Å²) in [5, 5.41) is 10.4. The van der Waals surface area contributed by atoms with Gasteiger partial charge in [-0.25, -0.2) is 4.79 Å². The van der Waals surface area contributed by atoms with Gasteiger partial charge in [0.2, 0.25) is 5.91 Å². The molecule has 2 unspecified atom stereocenters. The first-order chi connectivity index (χ1) is 7.11. The van der Waals surface area contributed by atoms with Crippen molar-refractivity contribution in [2.24, 2.45) is 0 Å². The average Bonchev–Trinajstić information content (AvgIpc) is 1.97. The smallest absolute Gasteiger partial charge is 0.400 e. The van der Waals surface area contributed by atoms with Crippen LogP contribution in [0.2, 0.25) is 0 Å². The lowest BCUT2D eigenvalue weighted by Gasteiger charge is -2.13. The third-order valence-corrected chi connectivity index (χ3v) is 2.71. The van der Waals surface area contributed by atoms with Crippen LogP contribution in [-0.4, -0.2) is 44.9 Å². The molecule has 94 valence electrons. The number of halogens is 3. The van der Waals surface area contributed by atoms with E-state index in [4.69, 9.17) is 5.11 Å². The van der Waals surface area contributed by atoms with Crippen LogP contribution in [0.5, 0.6) is 0 Å². The molecule has 0 aliphatic heterocycles. The zero-order chi connectivity index (χ0) is 12.9. The topological polar surface area (TPSA) is 83.5 Å². The first-order valence-corrected chi connectivity index (χ1v) is 5.52. The van der Waals surface area contributed by atoms with Gasteiger partial charge in [0.25, 0.3) is 0 Å². The molecule has 0 aromatic rings. The third kappa shape index (κ3) is 7.21. The van der Waals surface area contributed by atoms with Crippen molar-refractivity contribution in [3.8, 4) is 0 Å². The van der Waals surface area contributed by atoms with E-state index in [1.807, 2.05) is 5.32 Å². The maximum atomic E-state index is 11.8. The second-order valence-electron chi connectivity index (χ2n) is 2.96. The van der Waals surface area contributed by atoms with E-state index >= 15 is 0 Å². The molecule has 2 N–H and O–H groups in total. The van der Waals surface area contributed by atoms with Gasteiger partial charge in [-0.05, 0) is 0 Å². The third-order valence-electron chi connectivity index (χ3n) is 1.35. The first kappa shape index (κ1) is 14.9. The van der Waals surface area contributed by atoms with Gasteiger partial charge in [-0.15, -0.1) is 0 Å². The quantitative estimate of drug-likeness (QED) is 0.723. The van der Waals surface area contributed by atoms with E-state index in [1.54, 1.807) is 0 Å². The van der Waals surface area contributed by atoms with Gasteiger partial charge >= 0.3 is 12.1 Å². The lowest BCUT2D eigenvalue weighted by atomic mass is 10.3. The molecular formula is C7H10F3NO4S. The molecule has 0 bridgehead atoms. The lowest BCUT2D eigenvalue weighted by Crippen LogP contribution is -2.44. The SMILES string of the molecule is CC(=O)NC(CS(=O)CC(F)(F)F)C(=O)O. The maximum absolute atomic E-state index is 11.8. The molecule has 9 heteroatoms. The molecule has 0 saturated carbocycles. The van der Waals surface area contributed by atoms with E-state index in [0.717, 1.165) is 6.92 Å². The minimum absolute atomic E-state index is 0.712. The van der Waals surface area contributed by atoms with Crippen LogP contribution in [0.15, 0.2) is 0 Å². The summed E-state index contributed by atoms with van der Waals surface area (Å²) in [6.07, 6.45) is -4.62. The van der Waals surface area contributed by atoms with Crippen molar-refractivity contribution in [1.29, 1.82) is 0 Å². The summed E-state index contributed by atoms with van der Waals surface area (Å²) < 4.78 is 46.3. The number of amides is 1. The molecule has 0 spiro atoms. The second kappa shape index (κ2) is 5.83. The highest BCUT2D eigenvalue weighted by molar-refractivity contribution is 7.85. The van der Waals surface area contributed by atoms with Gasteiger partial charge in [0.1, 0.15) is 11.8 Å². The summed E-state index contributed by atoms with van der Waals surface area (Å²) in [4.78, 5) is 21.0. The predicted molar refractivity (Wildman–Crippen MR) is 49.2 cm³/mol. The Hall–Kier alpha value is -1.12. The van der Waals surface area contributed by atoms with Crippen LogP contribution in [0.25, 0.3) is 0 Å². The predicted octanol–water partition coefficient (Wildman–Crippen LogP) is -0.113. The van der Waals surface area contributed by atoms with E-state index in [1.165, 1.54) is 0 Å². The average molecular weight is 261 g/mol. The van der Waals surface area contributed by atoms with Crippen molar-refractivity contribution in [1.82, 2.24) is 5.32 Å². The summed E-state index contributed by atoms with van der Waals surface area (Å²) in [6.45, 7) is 1.02. The van der Waals surface area contributed by atoms with Crippen molar-refractivity contribution in [2.75, 3.05) is 11.5 Å². The Labute approximate surface area is 91.5 Å². The second-order valence-corrected chi connectivity index (χ2v) is 4.46. The summed E-state index contributed by atoms with van der Waals surface area (Å²) in [5.74, 6) is -4.59. The van der Waals surface area contributed by atoms with Crippen LogP contribution >= 0.6 is 0 Å². The van der Waals surface area contributed by atoms with Crippen molar-refractivity contribution in [3.05, 3.63) is 0 Å². The Morgan fingerprint density at radius 3 is 2.25 bits per heavy atom. The van der Waals surface area contributed by atoms with E-state index < -0.39 is 46.4 Å². The van der Waals surface area contributed by atoms with Gasteiger partial charge in [0.15, 0.2) is 0 Å². The van der Waals surface area contributed by atoms with Gasteiger partial charge < -0.3 is 10.4 Å². The number of carbonyl (C=O) groups is 2. The zero-order valence-electron chi connectivity index (χ0n) is 8.21. The zero-order valence-corrected chi connectivity index (χ0v) is 9.02. The van der Waals surface area contributed by atoms with Crippen LogP contribution in [0.4, 0.5) is 13.2 Å². The van der Waals surface area contributed by atoms with E-state index in [-0.39, 0.29) is 0 Å². The number of carbonyl (C=O) groups excluding carboxylic acids is 1. The van der Waals surface area contributed by atoms with E-state index in [9.17, 15) is 27.0 Å². The summed E-state index contributed by atoms with van der Waals surface area (Å²) in [5.41, 5.74) is 0. The highest BCUT2D eigenvalue weighted by Gasteiger charge is 2.32. The minimum atomic E-state index is -4.62. The molecule has 0 aliphatic rings. The van der Waals surface area contributed by atoms with Crippen molar-refractivity contribution < 1.29 is 32.1 Å². The molecular weight excluding hydrogens is 251 g/mol. The Kier molecular flexibility index (Phi) is 5.42. The Balaban J connectivity index is 4.35. The van der Waals surface area contributed by atoms with Crippen molar-refractivity contribution in [3.63, 3.8) is 0 Å². The molecule has 1 amide bonds. The van der Waals surface area contributed by atoms with Gasteiger partial charge in [-0.1, -0.05) is 0 Å². The number of carboxylic acids is 1. The number of aliphatic carboxylic acids is 1. The standard InChI is InChI=1S/C7H10F3NO4S/c1-4(12)11-5(6(13)14)2-16(15)3-7(8,9)10/h5H,2-3H2,1H3,(H,11,12)(H,13,14). The van der Waals surface area contributed by atoms with Gasteiger partial charge in [0.05, 0.1) is 5.75 Å². The van der Waals surface area contributed by atoms with E-state index in [2.05, 4.69) is 0 Å². The van der Waals surface area contributed by atoms with Crippen LogP contribution in [0.1, 0.15) is 6.92 Å². The number of hydrogen-bond donors (Lipinski definition) is 2. The minimum Gasteiger partial charge on any atom is -0.480 e. The molecule has 2 atom stereocenters. The number of rotatable bonds is 5. The Morgan fingerprint density at radius 2 is 1.94 bits per heavy atom. The molecule has 16 heavy (non-hydrogen) atoms. The normalized spacial score (nSPS) is 15.2. The molecule has 0 heterocycles. The highest BCUT2D eigenvalue weighted by atomic mass is 32.2. The van der Waals surface area contributed by atoms with Gasteiger partial charge in [-0.3, -0.25) is 9.00 Å². The highest BCUT2D eigenvalue weighted by Crippen LogP contribution is 2.16. The number of hydrogen-bond acceptors (Lipinski definition) is 3. The maximum Gasteiger partial charge on any atom is 0.400 e. The van der Waals surface area contributed by atoms with Crippen LogP contribution in [0, 0.1) is 0 Å². The van der Waals surface area contributed by atoms with Crippen LogP contribution in [-0.2, 0) is 20.4 Å². The fourth-order valence-electron chi connectivity index (χ4n) is 0.847. The number of nitrogens with one attached hydrogen (secondary N) is 1. The first-order valence-electron chi connectivity index (χ1n) is 4.03. The number of carboxylic acid groups (broad SMARTS) is 1. The van der Waals surface area contributed by atoms with Gasteiger partial charge in [0, 0.05) is 17.7 Å². The van der Waals surface area contributed by atoms with Crippen molar-refractivity contribution >= 4 is 22.7 Å². The number of alkyl halides is 3. The molecule has 0 aromatic carbocycles. The Bertz CT molecular complexity index is 304. The van der Waals surface area contributed by atoms with Gasteiger partial charge in [-0.2, -0.15) is 13.2 Å². The van der Waals surface area contributed by atoms with E-state index in [0.29, 0.717) is 0 Å². The molecule has 0 radical (unpaired) electrons. The fraction of sp³-hybridized carbons (Fsp3) is 0.714. The van der Waals surface area contributed by atoms with Crippen LogP contribution in [0.3, 0.4) is 0 Å². The molecule has 0 saturated heterocycles. The summed E-state index contributed by atoms with van der Waals surface area (Å²) in [7, 11) is -2.38. The fourth-order valence-corrected chi connectivity index (χ4v) is 1.93. The molecule has 0 aliphatic carbocycles. The Morgan fingerprint density at radius 1 is 1.44 bits per heavy atom. The summed E-state index contributed by atoms with van der Waals surface area (Å²) in [6, 6.07) is -1.57. The molecule has 0 aromatic heterocycles. The molecule has 5 nitrogen and oxygen atoms in total. The summed E-state index contributed by atoms with van der Waals surface area (Å²) >= 11 is 0. The monoisotopic (exact) mass is 261 g/mol. The van der Waals surface area contributed by atoms with Crippen LogP contribution < -0.4 is 5.32 Å². The van der Waals surface area contributed by atoms with Crippen molar-refractivity contribution in [2.45, 2.75) is 19.1 Å².